The third kappa shape index (κ3) is 3.60. The van der Waals surface area contributed by atoms with E-state index in [1.165, 1.54) is 0 Å². The van der Waals surface area contributed by atoms with Crippen molar-refractivity contribution in [3.05, 3.63) is 42.5 Å². The van der Waals surface area contributed by atoms with E-state index >= 15 is 0 Å². The van der Waals surface area contributed by atoms with Crippen molar-refractivity contribution in [3.63, 3.8) is 0 Å². The lowest BCUT2D eigenvalue weighted by Crippen LogP contribution is -2.09. The number of hydrogen-bond donors (Lipinski definition) is 2. The zero-order valence-electron chi connectivity index (χ0n) is 11.9. The molecule has 0 aliphatic carbocycles. The van der Waals surface area contributed by atoms with Gasteiger partial charge < -0.3 is 15.2 Å². The van der Waals surface area contributed by atoms with Crippen LogP contribution in [0.2, 0.25) is 0 Å². The van der Waals surface area contributed by atoms with Gasteiger partial charge in [0, 0.05) is 30.5 Å². The number of carbonyl (C=O) groups excluding carboxylic acids is 1. The second kappa shape index (κ2) is 6.75. The summed E-state index contributed by atoms with van der Waals surface area (Å²) in [7, 11) is 0. The number of aromatic nitrogens is 2. The minimum atomic E-state index is 0.0255. The summed E-state index contributed by atoms with van der Waals surface area (Å²) in [5.74, 6) is 0.0255. The monoisotopic (exact) mass is 272 g/mol. The van der Waals surface area contributed by atoms with Gasteiger partial charge in [-0.05, 0) is 31.2 Å². The molecule has 0 saturated heterocycles. The molecular formula is C15H20N4O. The second-order valence-corrected chi connectivity index (χ2v) is 4.50. The van der Waals surface area contributed by atoms with E-state index in [9.17, 15) is 4.79 Å². The topological polar surface area (TPSA) is 59.0 Å². The van der Waals surface area contributed by atoms with Gasteiger partial charge in [0.15, 0.2) is 0 Å². The predicted octanol–water partition coefficient (Wildman–Crippen LogP) is 2.86. The zero-order chi connectivity index (χ0) is 14.4. The Kier molecular flexibility index (Phi) is 4.76. The fourth-order valence-corrected chi connectivity index (χ4v) is 1.89. The van der Waals surface area contributed by atoms with Crippen LogP contribution in [-0.4, -0.2) is 15.5 Å². The minimum absolute atomic E-state index is 0.0255. The lowest BCUT2D eigenvalue weighted by Gasteiger charge is -2.09. The van der Waals surface area contributed by atoms with Crippen molar-refractivity contribution >= 4 is 17.3 Å². The summed E-state index contributed by atoms with van der Waals surface area (Å²) in [6, 6.07) is 7.70. The van der Waals surface area contributed by atoms with Crippen LogP contribution in [0.4, 0.5) is 11.4 Å². The molecule has 1 amide bonds. The first kappa shape index (κ1) is 14.1. The first-order valence-corrected chi connectivity index (χ1v) is 6.85. The Bertz CT molecular complexity index is 560. The third-order valence-corrected chi connectivity index (χ3v) is 3.10. The number of nitrogens with zero attached hydrogens (tertiary/aromatic N) is 2. The first-order chi connectivity index (χ1) is 9.72. The predicted molar refractivity (Wildman–Crippen MR) is 80.6 cm³/mol. The minimum Gasteiger partial charge on any atom is -0.379 e. The Balaban J connectivity index is 1.92. The van der Waals surface area contributed by atoms with Crippen molar-refractivity contribution in [1.29, 1.82) is 0 Å². The Labute approximate surface area is 119 Å². The number of hydrogen-bond acceptors (Lipinski definition) is 3. The van der Waals surface area contributed by atoms with E-state index in [-0.39, 0.29) is 5.91 Å². The van der Waals surface area contributed by atoms with E-state index in [0.717, 1.165) is 30.2 Å². The summed E-state index contributed by atoms with van der Waals surface area (Å²) in [5, 5.41) is 6.17. The van der Waals surface area contributed by atoms with E-state index < -0.39 is 0 Å². The largest absolute Gasteiger partial charge is 0.379 e. The van der Waals surface area contributed by atoms with Crippen molar-refractivity contribution < 1.29 is 4.79 Å². The van der Waals surface area contributed by atoms with Crippen LogP contribution in [0.1, 0.15) is 26.0 Å². The molecule has 5 heteroatoms. The van der Waals surface area contributed by atoms with Crippen LogP contribution in [0.25, 0.3) is 0 Å². The maximum Gasteiger partial charge on any atom is 0.224 e. The Morgan fingerprint density at radius 1 is 1.20 bits per heavy atom. The van der Waals surface area contributed by atoms with Gasteiger partial charge in [0.2, 0.25) is 5.91 Å². The SMILES string of the molecule is CCC(=O)Nc1ccc(NCc2cncn2CC)cc1. The van der Waals surface area contributed by atoms with Gasteiger partial charge in [0.1, 0.15) is 0 Å². The molecule has 0 aliphatic rings. The van der Waals surface area contributed by atoms with Crippen LogP contribution in [0.5, 0.6) is 0 Å². The molecular weight excluding hydrogens is 252 g/mol. The molecule has 1 aromatic carbocycles. The molecule has 0 spiro atoms. The fourth-order valence-electron chi connectivity index (χ4n) is 1.89. The lowest BCUT2D eigenvalue weighted by atomic mass is 10.2. The van der Waals surface area contributed by atoms with Gasteiger partial charge in [-0.3, -0.25) is 4.79 Å². The fraction of sp³-hybridized carbons (Fsp3) is 0.333. The first-order valence-electron chi connectivity index (χ1n) is 6.85. The molecule has 0 atom stereocenters. The average molecular weight is 272 g/mol. The summed E-state index contributed by atoms with van der Waals surface area (Å²) in [4.78, 5) is 15.4. The van der Waals surface area contributed by atoms with Crippen LogP contribution in [0.3, 0.4) is 0 Å². The van der Waals surface area contributed by atoms with E-state index in [4.69, 9.17) is 0 Å². The lowest BCUT2D eigenvalue weighted by molar-refractivity contribution is -0.115. The van der Waals surface area contributed by atoms with Gasteiger partial charge in [-0.2, -0.15) is 0 Å². The van der Waals surface area contributed by atoms with Crippen LogP contribution >= 0.6 is 0 Å². The maximum absolute atomic E-state index is 11.3. The number of anilines is 2. The van der Waals surface area contributed by atoms with Crippen molar-refractivity contribution in [2.75, 3.05) is 10.6 Å². The molecule has 5 nitrogen and oxygen atoms in total. The smallest absolute Gasteiger partial charge is 0.224 e. The van der Waals surface area contributed by atoms with E-state index in [1.54, 1.807) is 0 Å². The molecule has 0 fully saturated rings. The normalized spacial score (nSPS) is 10.3. The molecule has 0 radical (unpaired) electrons. The Morgan fingerprint density at radius 3 is 2.55 bits per heavy atom. The van der Waals surface area contributed by atoms with Crippen molar-refractivity contribution in [1.82, 2.24) is 9.55 Å². The summed E-state index contributed by atoms with van der Waals surface area (Å²) < 4.78 is 2.10. The number of aryl methyl sites for hydroxylation is 1. The van der Waals surface area contributed by atoms with Crippen molar-refractivity contribution in [3.8, 4) is 0 Å². The molecule has 2 aromatic rings. The quantitative estimate of drug-likeness (QED) is 0.850. The van der Waals surface area contributed by atoms with Crippen LogP contribution in [-0.2, 0) is 17.9 Å². The Hall–Kier alpha value is -2.30. The number of rotatable bonds is 6. The maximum atomic E-state index is 11.3. The molecule has 1 heterocycles. The average Bonchev–Trinajstić information content (AvgIpc) is 2.94. The highest BCUT2D eigenvalue weighted by molar-refractivity contribution is 5.90. The van der Waals surface area contributed by atoms with Crippen LogP contribution < -0.4 is 10.6 Å². The van der Waals surface area contributed by atoms with Gasteiger partial charge in [0.25, 0.3) is 0 Å². The number of nitrogens with one attached hydrogen (secondary N) is 2. The number of carbonyl (C=O) groups is 1. The highest BCUT2D eigenvalue weighted by Crippen LogP contribution is 2.14. The number of amides is 1. The summed E-state index contributed by atoms with van der Waals surface area (Å²) in [6.45, 7) is 5.58. The summed E-state index contributed by atoms with van der Waals surface area (Å²) in [6.07, 6.45) is 4.19. The van der Waals surface area contributed by atoms with Gasteiger partial charge in [-0.1, -0.05) is 6.92 Å². The molecule has 2 N–H and O–H groups in total. The number of benzene rings is 1. The standard InChI is InChI=1S/C15H20N4O/c1-3-15(20)18-13-7-5-12(6-8-13)17-10-14-9-16-11-19(14)4-2/h5-9,11,17H,3-4,10H2,1-2H3,(H,18,20). The number of imidazole rings is 1. The van der Waals surface area contributed by atoms with E-state index in [1.807, 2.05) is 43.7 Å². The van der Waals surface area contributed by atoms with E-state index in [2.05, 4.69) is 27.1 Å². The van der Waals surface area contributed by atoms with Gasteiger partial charge in [-0.15, -0.1) is 0 Å². The molecule has 1 aromatic heterocycles. The molecule has 0 bridgehead atoms. The van der Waals surface area contributed by atoms with Crippen molar-refractivity contribution in [2.24, 2.45) is 0 Å². The molecule has 20 heavy (non-hydrogen) atoms. The Morgan fingerprint density at radius 2 is 1.90 bits per heavy atom. The van der Waals surface area contributed by atoms with E-state index in [0.29, 0.717) is 6.42 Å². The zero-order valence-corrected chi connectivity index (χ0v) is 11.9. The second-order valence-electron chi connectivity index (χ2n) is 4.50. The highest BCUT2D eigenvalue weighted by atomic mass is 16.1. The van der Waals surface area contributed by atoms with Gasteiger partial charge in [0.05, 0.1) is 18.6 Å². The molecule has 106 valence electrons. The molecule has 0 saturated carbocycles. The molecule has 0 aliphatic heterocycles. The van der Waals surface area contributed by atoms with Gasteiger partial charge >= 0.3 is 0 Å². The van der Waals surface area contributed by atoms with Gasteiger partial charge in [-0.25, -0.2) is 4.98 Å². The molecule has 0 unspecified atom stereocenters. The highest BCUT2D eigenvalue weighted by Gasteiger charge is 2.01. The van der Waals surface area contributed by atoms with Crippen molar-refractivity contribution in [2.45, 2.75) is 33.4 Å². The molecule has 2 rings (SSSR count). The van der Waals surface area contributed by atoms with Crippen LogP contribution in [0.15, 0.2) is 36.8 Å². The summed E-state index contributed by atoms with van der Waals surface area (Å²) in [5.41, 5.74) is 2.99. The summed E-state index contributed by atoms with van der Waals surface area (Å²) >= 11 is 0. The van der Waals surface area contributed by atoms with Crippen LogP contribution in [0, 0.1) is 0 Å². The third-order valence-electron chi connectivity index (χ3n) is 3.10.